The van der Waals surface area contributed by atoms with Crippen LogP contribution in [0.25, 0.3) is 5.69 Å². The molecule has 2 N–H and O–H groups in total. The van der Waals surface area contributed by atoms with E-state index in [9.17, 15) is 18.0 Å². The van der Waals surface area contributed by atoms with Crippen LogP contribution in [0.5, 0.6) is 0 Å². The Morgan fingerprint density at radius 3 is 2.61 bits per heavy atom. The standard InChI is InChI=1S/C15H15F3N4O/c16-15(17,18)13-7-9-20-22(13)11-5-3-10(4-6-11)21-14(23)12-2-1-8-19-12/h3-7,9,12,19H,1-2,8H2,(H,21,23)/t12-/m0/s1. The molecular formula is C15H15F3N4O. The van der Waals surface area contributed by atoms with E-state index >= 15 is 0 Å². The van der Waals surface area contributed by atoms with Crippen molar-refractivity contribution in [1.82, 2.24) is 15.1 Å². The number of carbonyl (C=O) groups excluding carboxylic acids is 1. The number of benzene rings is 1. The fourth-order valence-corrected chi connectivity index (χ4v) is 2.55. The van der Waals surface area contributed by atoms with Crippen molar-refractivity contribution >= 4 is 11.6 Å². The number of carbonyl (C=O) groups is 1. The van der Waals surface area contributed by atoms with Crippen LogP contribution >= 0.6 is 0 Å². The number of amides is 1. The Morgan fingerprint density at radius 2 is 2.00 bits per heavy atom. The van der Waals surface area contributed by atoms with E-state index in [1.54, 1.807) is 12.1 Å². The minimum absolute atomic E-state index is 0.134. The molecule has 0 saturated carbocycles. The van der Waals surface area contributed by atoms with Gasteiger partial charge in [0.2, 0.25) is 5.91 Å². The van der Waals surface area contributed by atoms with E-state index in [0.717, 1.165) is 36.3 Å². The predicted octanol–water partition coefficient (Wildman–Crippen LogP) is 2.58. The SMILES string of the molecule is O=C(Nc1ccc(-n2nccc2C(F)(F)F)cc1)[C@@H]1CCCN1. The van der Waals surface area contributed by atoms with Crippen LogP contribution in [0.1, 0.15) is 18.5 Å². The van der Waals surface area contributed by atoms with E-state index in [2.05, 4.69) is 15.7 Å². The van der Waals surface area contributed by atoms with E-state index in [4.69, 9.17) is 0 Å². The lowest BCUT2D eigenvalue weighted by Gasteiger charge is -2.13. The number of hydrogen-bond donors (Lipinski definition) is 2. The first kappa shape index (κ1) is 15.5. The number of alkyl halides is 3. The Morgan fingerprint density at radius 1 is 1.26 bits per heavy atom. The van der Waals surface area contributed by atoms with Gasteiger partial charge in [-0.1, -0.05) is 0 Å². The first-order valence-corrected chi connectivity index (χ1v) is 7.21. The van der Waals surface area contributed by atoms with Gasteiger partial charge in [0.05, 0.1) is 17.9 Å². The van der Waals surface area contributed by atoms with Crippen LogP contribution in [0, 0.1) is 0 Å². The summed E-state index contributed by atoms with van der Waals surface area (Å²) < 4.78 is 39.4. The Kier molecular flexibility index (Phi) is 4.08. The minimum Gasteiger partial charge on any atom is -0.325 e. The highest BCUT2D eigenvalue weighted by atomic mass is 19.4. The maximum atomic E-state index is 12.9. The van der Waals surface area contributed by atoms with E-state index in [-0.39, 0.29) is 17.6 Å². The van der Waals surface area contributed by atoms with E-state index < -0.39 is 11.9 Å². The van der Waals surface area contributed by atoms with Gasteiger partial charge in [-0.15, -0.1) is 0 Å². The highest BCUT2D eigenvalue weighted by molar-refractivity contribution is 5.95. The number of nitrogens with one attached hydrogen (secondary N) is 2. The summed E-state index contributed by atoms with van der Waals surface area (Å²) in [6.07, 6.45) is -1.63. The number of hydrogen-bond acceptors (Lipinski definition) is 3. The molecule has 1 atom stereocenters. The maximum absolute atomic E-state index is 12.9. The Bertz CT molecular complexity index is 687. The average Bonchev–Trinajstić information content (AvgIpc) is 3.19. The second-order valence-electron chi connectivity index (χ2n) is 5.31. The molecule has 5 nitrogen and oxygen atoms in total. The number of anilines is 1. The van der Waals surface area contributed by atoms with Crippen molar-refractivity contribution in [3.8, 4) is 5.69 Å². The topological polar surface area (TPSA) is 59.0 Å². The van der Waals surface area contributed by atoms with Crippen LogP contribution in [0.2, 0.25) is 0 Å². The Hall–Kier alpha value is -2.35. The van der Waals surface area contributed by atoms with Gasteiger partial charge in [-0.3, -0.25) is 4.79 Å². The molecule has 1 aliphatic rings. The monoisotopic (exact) mass is 324 g/mol. The molecule has 1 fully saturated rings. The van der Waals surface area contributed by atoms with Gasteiger partial charge >= 0.3 is 6.18 Å². The zero-order valence-electron chi connectivity index (χ0n) is 12.1. The number of aromatic nitrogens is 2. The zero-order valence-corrected chi connectivity index (χ0v) is 12.1. The number of nitrogens with zero attached hydrogens (tertiary/aromatic N) is 2. The van der Waals surface area contributed by atoms with Crippen molar-refractivity contribution in [1.29, 1.82) is 0 Å². The Labute approximate surface area is 130 Å². The molecule has 2 heterocycles. The molecule has 1 saturated heterocycles. The quantitative estimate of drug-likeness (QED) is 0.912. The van der Waals surface area contributed by atoms with Crippen molar-refractivity contribution < 1.29 is 18.0 Å². The Balaban J connectivity index is 1.75. The molecule has 0 bridgehead atoms. The van der Waals surface area contributed by atoms with Gasteiger partial charge in [-0.25, -0.2) is 4.68 Å². The minimum atomic E-state index is -4.47. The van der Waals surface area contributed by atoms with E-state index in [1.165, 1.54) is 12.1 Å². The molecule has 1 aliphatic heterocycles. The van der Waals surface area contributed by atoms with Crippen LogP contribution in [-0.4, -0.2) is 28.3 Å². The molecule has 1 aromatic carbocycles. The summed E-state index contributed by atoms with van der Waals surface area (Å²) >= 11 is 0. The third kappa shape index (κ3) is 3.37. The summed E-state index contributed by atoms with van der Waals surface area (Å²) in [6, 6.07) is 6.80. The second kappa shape index (κ2) is 6.04. The summed E-state index contributed by atoms with van der Waals surface area (Å²) in [5, 5.41) is 9.54. The average molecular weight is 324 g/mol. The molecule has 1 aromatic heterocycles. The van der Waals surface area contributed by atoms with Crippen LogP contribution in [-0.2, 0) is 11.0 Å². The highest BCUT2D eigenvalue weighted by Gasteiger charge is 2.35. The maximum Gasteiger partial charge on any atom is 0.433 e. The van der Waals surface area contributed by atoms with Crippen molar-refractivity contribution in [3.63, 3.8) is 0 Å². The molecular weight excluding hydrogens is 309 g/mol. The molecule has 8 heteroatoms. The molecule has 1 amide bonds. The number of rotatable bonds is 3. The van der Waals surface area contributed by atoms with Gasteiger partial charge in [0.25, 0.3) is 0 Å². The van der Waals surface area contributed by atoms with Crippen molar-refractivity contribution in [2.45, 2.75) is 25.1 Å². The van der Waals surface area contributed by atoms with E-state index in [0.29, 0.717) is 5.69 Å². The van der Waals surface area contributed by atoms with Crippen molar-refractivity contribution in [2.24, 2.45) is 0 Å². The number of halogens is 3. The summed E-state index contributed by atoms with van der Waals surface area (Å²) in [6.45, 7) is 0.816. The summed E-state index contributed by atoms with van der Waals surface area (Å²) in [5.41, 5.74) is -0.0306. The van der Waals surface area contributed by atoms with Crippen molar-refractivity contribution in [2.75, 3.05) is 11.9 Å². The smallest absolute Gasteiger partial charge is 0.325 e. The zero-order chi connectivity index (χ0) is 16.4. The molecule has 0 spiro atoms. The second-order valence-corrected chi connectivity index (χ2v) is 5.31. The fraction of sp³-hybridized carbons (Fsp3) is 0.333. The lowest BCUT2D eigenvalue weighted by molar-refractivity contribution is -0.142. The summed E-state index contributed by atoms with van der Waals surface area (Å²) in [5.74, 6) is -0.134. The first-order chi connectivity index (χ1) is 10.9. The molecule has 0 aliphatic carbocycles. The largest absolute Gasteiger partial charge is 0.433 e. The third-order valence-electron chi connectivity index (χ3n) is 3.69. The van der Waals surface area contributed by atoms with Gasteiger partial charge < -0.3 is 10.6 Å². The van der Waals surface area contributed by atoms with Gasteiger partial charge in [0.15, 0.2) is 0 Å². The van der Waals surface area contributed by atoms with Crippen LogP contribution in [0.4, 0.5) is 18.9 Å². The van der Waals surface area contributed by atoms with Crippen LogP contribution in [0.15, 0.2) is 36.5 Å². The fourth-order valence-electron chi connectivity index (χ4n) is 2.55. The van der Waals surface area contributed by atoms with Gasteiger partial charge in [-0.2, -0.15) is 18.3 Å². The van der Waals surface area contributed by atoms with Crippen molar-refractivity contribution in [3.05, 3.63) is 42.2 Å². The van der Waals surface area contributed by atoms with Crippen LogP contribution in [0.3, 0.4) is 0 Å². The molecule has 122 valence electrons. The lowest BCUT2D eigenvalue weighted by Crippen LogP contribution is -2.35. The molecule has 3 rings (SSSR count). The first-order valence-electron chi connectivity index (χ1n) is 7.21. The summed E-state index contributed by atoms with van der Waals surface area (Å²) in [7, 11) is 0. The molecule has 0 radical (unpaired) electrons. The summed E-state index contributed by atoms with van der Waals surface area (Å²) in [4.78, 5) is 12.0. The highest BCUT2D eigenvalue weighted by Crippen LogP contribution is 2.30. The lowest BCUT2D eigenvalue weighted by atomic mass is 10.2. The predicted molar refractivity (Wildman–Crippen MR) is 78.2 cm³/mol. The normalized spacial score (nSPS) is 18.1. The van der Waals surface area contributed by atoms with E-state index in [1.807, 2.05) is 0 Å². The molecule has 23 heavy (non-hydrogen) atoms. The molecule has 0 unspecified atom stereocenters. The van der Waals surface area contributed by atoms with Gasteiger partial charge in [-0.05, 0) is 49.7 Å². The molecule has 2 aromatic rings. The third-order valence-corrected chi connectivity index (χ3v) is 3.69. The van der Waals surface area contributed by atoms with Gasteiger partial charge in [0, 0.05) is 5.69 Å². The van der Waals surface area contributed by atoms with Crippen LogP contribution < -0.4 is 10.6 Å². The van der Waals surface area contributed by atoms with Gasteiger partial charge in [0.1, 0.15) is 5.69 Å².